The van der Waals surface area contributed by atoms with Crippen molar-refractivity contribution in [3.8, 4) is 11.4 Å². The van der Waals surface area contributed by atoms with Crippen LogP contribution >= 0.6 is 0 Å². The number of benzene rings is 1. The van der Waals surface area contributed by atoms with E-state index in [9.17, 15) is 9.18 Å². The maximum atomic E-state index is 13.2. The molecule has 1 saturated heterocycles. The van der Waals surface area contributed by atoms with Crippen molar-refractivity contribution in [2.24, 2.45) is 11.8 Å². The van der Waals surface area contributed by atoms with Crippen LogP contribution in [-0.2, 0) is 0 Å². The number of hydrogen-bond acceptors (Lipinski definition) is 3. The molecule has 0 radical (unpaired) electrons. The molecule has 0 bridgehead atoms. The lowest BCUT2D eigenvalue weighted by molar-refractivity contribution is 0.0624. The van der Waals surface area contributed by atoms with Gasteiger partial charge in [-0.3, -0.25) is 9.20 Å². The van der Waals surface area contributed by atoms with Crippen molar-refractivity contribution in [1.82, 2.24) is 19.5 Å². The molecule has 1 aliphatic rings. The molecular weight excluding hydrogens is 331 g/mol. The number of likely N-dealkylation sites (tertiary alicyclic amines) is 1. The molecular formula is C20H21FN4O. The van der Waals surface area contributed by atoms with Crippen LogP contribution in [0.4, 0.5) is 4.39 Å². The van der Waals surface area contributed by atoms with E-state index in [0.29, 0.717) is 28.9 Å². The fourth-order valence-electron chi connectivity index (χ4n) is 3.88. The van der Waals surface area contributed by atoms with Gasteiger partial charge in [0.1, 0.15) is 5.82 Å². The van der Waals surface area contributed by atoms with Crippen LogP contribution in [0, 0.1) is 17.7 Å². The van der Waals surface area contributed by atoms with Crippen molar-refractivity contribution in [3.63, 3.8) is 0 Å². The Bertz CT molecular complexity index is 940. The lowest BCUT2D eigenvalue weighted by atomic mass is 9.91. The molecule has 2 atom stereocenters. The average Bonchev–Trinajstić information content (AvgIpc) is 3.05. The molecule has 1 amide bonds. The summed E-state index contributed by atoms with van der Waals surface area (Å²) in [4.78, 5) is 15.0. The predicted octanol–water partition coefficient (Wildman–Crippen LogP) is 3.65. The summed E-state index contributed by atoms with van der Waals surface area (Å²) in [5.74, 6) is 1.28. The molecule has 0 saturated carbocycles. The molecule has 6 heteroatoms. The van der Waals surface area contributed by atoms with E-state index in [1.165, 1.54) is 12.1 Å². The third kappa shape index (κ3) is 2.96. The number of piperidine rings is 1. The van der Waals surface area contributed by atoms with Crippen LogP contribution < -0.4 is 0 Å². The molecule has 2 aromatic heterocycles. The molecule has 0 spiro atoms. The highest BCUT2D eigenvalue weighted by molar-refractivity contribution is 6.00. The quantitative estimate of drug-likeness (QED) is 0.707. The fourth-order valence-corrected chi connectivity index (χ4v) is 3.88. The van der Waals surface area contributed by atoms with Gasteiger partial charge in [0.05, 0.1) is 5.56 Å². The van der Waals surface area contributed by atoms with Crippen molar-refractivity contribution >= 4 is 11.6 Å². The van der Waals surface area contributed by atoms with Crippen LogP contribution in [0.3, 0.4) is 0 Å². The number of halogens is 1. The van der Waals surface area contributed by atoms with Crippen LogP contribution in [0.5, 0.6) is 0 Å². The van der Waals surface area contributed by atoms with E-state index < -0.39 is 0 Å². The van der Waals surface area contributed by atoms with Crippen molar-refractivity contribution < 1.29 is 9.18 Å². The number of carbonyl (C=O) groups excluding carboxylic acids is 1. The lowest BCUT2D eigenvalue weighted by Gasteiger charge is -2.35. The van der Waals surface area contributed by atoms with Gasteiger partial charge in [0.2, 0.25) is 0 Å². The Hall–Kier alpha value is -2.76. The van der Waals surface area contributed by atoms with E-state index in [2.05, 4.69) is 24.0 Å². The number of aromatic nitrogens is 3. The molecule has 26 heavy (non-hydrogen) atoms. The summed E-state index contributed by atoms with van der Waals surface area (Å²) in [6.45, 7) is 5.90. The third-order valence-corrected chi connectivity index (χ3v) is 4.92. The summed E-state index contributed by atoms with van der Waals surface area (Å²) in [6.07, 6.45) is 2.97. The Morgan fingerprint density at radius 1 is 1.08 bits per heavy atom. The Morgan fingerprint density at radius 2 is 1.77 bits per heavy atom. The highest BCUT2D eigenvalue weighted by Crippen LogP contribution is 2.25. The zero-order valence-electron chi connectivity index (χ0n) is 14.9. The van der Waals surface area contributed by atoms with Gasteiger partial charge in [0.25, 0.3) is 5.91 Å². The summed E-state index contributed by atoms with van der Waals surface area (Å²) in [7, 11) is 0. The number of fused-ring (bicyclic) bond motifs is 1. The first-order valence-electron chi connectivity index (χ1n) is 8.92. The number of rotatable bonds is 2. The van der Waals surface area contributed by atoms with Gasteiger partial charge < -0.3 is 4.90 Å². The zero-order chi connectivity index (χ0) is 18.3. The third-order valence-electron chi connectivity index (χ3n) is 4.92. The topological polar surface area (TPSA) is 50.5 Å². The SMILES string of the molecule is C[C@@H]1C[C@@H](C)CN(C(=O)c2cccn3c(-c4ccc(F)cc4)nnc23)C1. The second kappa shape index (κ2) is 6.52. The predicted molar refractivity (Wildman–Crippen MR) is 97.2 cm³/mol. The van der Waals surface area contributed by atoms with Crippen LogP contribution in [0.15, 0.2) is 42.6 Å². The molecule has 0 N–H and O–H groups in total. The molecule has 1 aromatic carbocycles. The van der Waals surface area contributed by atoms with E-state index in [1.807, 2.05) is 17.2 Å². The second-order valence-electron chi connectivity index (χ2n) is 7.30. The largest absolute Gasteiger partial charge is 0.338 e. The molecule has 1 aliphatic heterocycles. The normalized spacial score (nSPS) is 20.5. The smallest absolute Gasteiger partial charge is 0.257 e. The van der Waals surface area contributed by atoms with E-state index in [1.54, 1.807) is 22.6 Å². The first-order chi connectivity index (χ1) is 12.5. The Kier molecular flexibility index (Phi) is 4.18. The van der Waals surface area contributed by atoms with Crippen LogP contribution in [0.2, 0.25) is 0 Å². The van der Waals surface area contributed by atoms with E-state index >= 15 is 0 Å². The zero-order valence-corrected chi connectivity index (χ0v) is 14.9. The molecule has 1 fully saturated rings. The number of nitrogens with zero attached hydrogens (tertiary/aromatic N) is 4. The standard InChI is InChI=1S/C20H21FN4O/c1-13-10-14(2)12-24(11-13)20(26)17-4-3-9-25-18(22-23-19(17)25)15-5-7-16(21)8-6-15/h3-9,13-14H,10-12H2,1-2H3/t13-,14-/m1/s1. The highest BCUT2D eigenvalue weighted by Gasteiger charge is 2.28. The van der Waals surface area contributed by atoms with Gasteiger partial charge in [-0.1, -0.05) is 13.8 Å². The number of hydrogen-bond donors (Lipinski definition) is 0. The average molecular weight is 352 g/mol. The van der Waals surface area contributed by atoms with Gasteiger partial charge in [0, 0.05) is 24.8 Å². The molecule has 3 aromatic rings. The maximum Gasteiger partial charge on any atom is 0.257 e. The van der Waals surface area contributed by atoms with Crippen molar-refractivity contribution in [1.29, 1.82) is 0 Å². The van der Waals surface area contributed by atoms with Crippen molar-refractivity contribution in [2.75, 3.05) is 13.1 Å². The summed E-state index contributed by atoms with van der Waals surface area (Å²) < 4.78 is 15.0. The highest BCUT2D eigenvalue weighted by atomic mass is 19.1. The van der Waals surface area contributed by atoms with Crippen LogP contribution in [-0.4, -0.2) is 38.5 Å². The van der Waals surface area contributed by atoms with E-state index in [-0.39, 0.29) is 11.7 Å². The monoisotopic (exact) mass is 352 g/mol. The van der Waals surface area contributed by atoms with Crippen molar-refractivity contribution in [2.45, 2.75) is 20.3 Å². The van der Waals surface area contributed by atoms with E-state index in [0.717, 1.165) is 25.1 Å². The minimum absolute atomic E-state index is 0.00736. The number of pyridine rings is 1. The molecule has 5 nitrogen and oxygen atoms in total. The number of carbonyl (C=O) groups is 1. The van der Waals surface area contributed by atoms with Crippen molar-refractivity contribution in [3.05, 3.63) is 54.0 Å². The van der Waals surface area contributed by atoms with Gasteiger partial charge >= 0.3 is 0 Å². The van der Waals surface area contributed by atoms with Gasteiger partial charge in [0.15, 0.2) is 11.5 Å². The summed E-state index contributed by atoms with van der Waals surface area (Å²) in [5.41, 5.74) is 1.83. The van der Waals surface area contributed by atoms with Gasteiger partial charge in [-0.2, -0.15) is 0 Å². The minimum atomic E-state index is -0.299. The fraction of sp³-hybridized carbons (Fsp3) is 0.350. The van der Waals surface area contributed by atoms with Crippen LogP contribution in [0.25, 0.3) is 17.0 Å². The Morgan fingerprint density at radius 3 is 2.46 bits per heavy atom. The Labute approximate surface area is 151 Å². The molecule has 134 valence electrons. The minimum Gasteiger partial charge on any atom is -0.338 e. The van der Waals surface area contributed by atoms with Gasteiger partial charge in [-0.15, -0.1) is 10.2 Å². The lowest BCUT2D eigenvalue weighted by Crippen LogP contribution is -2.42. The maximum absolute atomic E-state index is 13.2. The van der Waals surface area contributed by atoms with Crippen LogP contribution in [0.1, 0.15) is 30.6 Å². The van der Waals surface area contributed by atoms with E-state index in [4.69, 9.17) is 0 Å². The first-order valence-corrected chi connectivity index (χ1v) is 8.92. The molecule has 0 aliphatic carbocycles. The van der Waals surface area contributed by atoms with Gasteiger partial charge in [-0.25, -0.2) is 4.39 Å². The Balaban J connectivity index is 1.73. The molecule has 4 rings (SSSR count). The summed E-state index contributed by atoms with van der Waals surface area (Å²) in [6, 6.07) is 9.73. The summed E-state index contributed by atoms with van der Waals surface area (Å²) in [5, 5.41) is 8.48. The first kappa shape index (κ1) is 16.7. The summed E-state index contributed by atoms with van der Waals surface area (Å²) >= 11 is 0. The number of amides is 1. The second-order valence-corrected chi connectivity index (χ2v) is 7.30. The molecule has 0 unspecified atom stereocenters. The molecule has 3 heterocycles. The van der Waals surface area contributed by atoms with Gasteiger partial charge in [-0.05, 0) is 54.7 Å².